The molecule has 0 fully saturated rings. The maximum atomic E-state index is 11.2. The summed E-state index contributed by atoms with van der Waals surface area (Å²) in [6.45, 7) is 2.52. The Morgan fingerprint density at radius 1 is 1.38 bits per heavy atom. The van der Waals surface area contributed by atoms with Crippen molar-refractivity contribution in [2.45, 2.75) is 19.4 Å². The highest BCUT2D eigenvalue weighted by Gasteiger charge is 2.13. The third-order valence-electron chi connectivity index (χ3n) is 2.03. The fourth-order valence-corrected chi connectivity index (χ4v) is 1.19. The van der Waals surface area contributed by atoms with Gasteiger partial charge in [-0.3, -0.25) is 4.79 Å². The van der Waals surface area contributed by atoms with Crippen molar-refractivity contribution in [1.29, 1.82) is 0 Å². The predicted molar refractivity (Wildman–Crippen MR) is 61.2 cm³/mol. The van der Waals surface area contributed by atoms with Crippen molar-refractivity contribution in [2.75, 3.05) is 13.2 Å². The Kier molecular flexibility index (Phi) is 5.36. The predicted octanol–water partition coefficient (Wildman–Crippen LogP) is 1.35. The average molecular weight is 223 g/mol. The summed E-state index contributed by atoms with van der Waals surface area (Å²) in [6.07, 6.45) is 0.452. The molecule has 4 nitrogen and oxygen atoms in total. The first-order chi connectivity index (χ1) is 7.74. The van der Waals surface area contributed by atoms with Crippen molar-refractivity contribution in [3.05, 3.63) is 30.3 Å². The Balaban J connectivity index is 2.23. The number of carbonyl (C=O) groups excluding carboxylic acids is 1. The van der Waals surface area contributed by atoms with Crippen LogP contribution >= 0.6 is 0 Å². The van der Waals surface area contributed by atoms with Gasteiger partial charge >= 0.3 is 5.97 Å². The van der Waals surface area contributed by atoms with Crippen molar-refractivity contribution in [1.82, 2.24) is 0 Å². The van der Waals surface area contributed by atoms with E-state index in [2.05, 4.69) is 0 Å². The highest BCUT2D eigenvalue weighted by molar-refractivity contribution is 5.75. The van der Waals surface area contributed by atoms with Gasteiger partial charge in [-0.1, -0.05) is 18.2 Å². The number of ether oxygens (including phenoxy) is 2. The van der Waals surface area contributed by atoms with Gasteiger partial charge in [0.1, 0.15) is 11.8 Å². The summed E-state index contributed by atoms with van der Waals surface area (Å²) in [5.74, 6) is 0.401. The van der Waals surface area contributed by atoms with E-state index >= 15 is 0 Å². The zero-order valence-corrected chi connectivity index (χ0v) is 9.39. The van der Waals surface area contributed by atoms with Gasteiger partial charge in [-0.25, -0.2) is 0 Å². The molecule has 0 saturated heterocycles. The smallest absolute Gasteiger partial charge is 0.323 e. The third-order valence-corrected chi connectivity index (χ3v) is 2.03. The molecule has 0 aliphatic heterocycles. The van der Waals surface area contributed by atoms with Crippen LogP contribution in [0.3, 0.4) is 0 Å². The molecular formula is C12H17NO3. The number of benzene rings is 1. The molecule has 0 bridgehead atoms. The normalized spacial score (nSPS) is 11.9. The van der Waals surface area contributed by atoms with Gasteiger partial charge < -0.3 is 15.2 Å². The van der Waals surface area contributed by atoms with Crippen LogP contribution in [0, 0.1) is 0 Å². The Labute approximate surface area is 95.3 Å². The van der Waals surface area contributed by atoms with Gasteiger partial charge in [-0.2, -0.15) is 0 Å². The van der Waals surface area contributed by atoms with Crippen molar-refractivity contribution >= 4 is 5.97 Å². The highest BCUT2D eigenvalue weighted by Crippen LogP contribution is 2.08. The van der Waals surface area contributed by atoms with Crippen LogP contribution in [0.15, 0.2) is 30.3 Å². The zero-order valence-electron chi connectivity index (χ0n) is 9.39. The molecule has 1 rings (SSSR count). The minimum Gasteiger partial charge on any atom is -0.494 e. The van der Waals surface area contributed by atoms with Crippen molar-refractivity contribution in [3.8, 4) is 5.75 Å². The summed E-state index contributed by atoms with van der Waals surface area (Å²) in [5.41, 5.74) is 5.61. The first-order valence-electron chi connectivity index (χ1n) is 5.34. The Bertz CT molecular complexity index is 313. The molecular weight excluding hydrogens is 206 g/mol. The monoisotopic (exact) mass is 223 g/mol. The Morgan fingerprint density at radius 2 is 2.06 bits per heavy atom. The van der Waals surface area contributed by atoms with Gasteiger partial charge in [0.25, 0.3) is 0 Å². The second kappa shape index (κ2) is 6.85. The van der Waals surface area contributed by atoms with Crippen molar-refractivity contribution in [3.63, 3.8) is 0 Å². The molecule has 1 aromatic rings. The molecule has 0 aliphatic rings. The third kappa shape index (κ3) is 4.31. The highest BCUT2D eigenvalue weighted by atomic mass is 16.5. The van der Waals surface area contributed by atoms with Gasteiger partial charge in [0.2, 0.25) is 0 Å². The Morgan fingerprint density at radius 3 is 2.69 bits per heavy atom. The summed E-state index contributed by atoms with van der Waals surface area (Å²) in [5, 5.41) is 0. The first kappa shape index (κ1) is 12.5. The maximum absolute atomic E-state index is 11.2. The van der Waals surface area contributed by atoms with Crippen LogP contribution in [-0.4, -0.2) is 25.2 Å². The average Bonchev–Trinajstić information content (AvgIpc) is 2.30. The number of hydrogen-bond acceptors (Lipinski definition) is 4. The lowest BCUT2D eigenvalue weighted by Crippen LogP contribution is -2.33. The van der Waals surface area contributed by atoms with Crippen molar-refractivity contribution in [2.24, 2.45) is 5.73 Å². The van der Waals surface area contributed by atoms with Crippen molar-refractivity contribution < 1.29 is 14.3 Å². The minimum atomic E-state index is -0.608. The fraction of sp³-hybridized carbons (Fsp3) is 0.417. The van der Waals surface area contributed by atoms with E-state index in [4.69, 9.17) is 15.2 Å². The molecule has 1 atom stereocenters. The number of rotatable bonds is 6. The summed E-state index contributed by atoms with van der Waals surface area (Å²) in [7, 11) is 0. The summed E-state index contributed by atoms with van der Waals surface area (Å²) < 4.78 is 10.2. The standard InChI is InChI=1S/C12H17NO3/c1-2-15-12(14)11(13)8-9-16-10-6-4-3-5-7-10/h3-7,11H,2,8-9,13H2,1H3/t11-/m1/s1. The molecule has 0 amide bonds. The van der Waals surface area contributed by atoms with Crippen LogP contribution in [0.1, 0.15) is 13.3 Å². The molecule has 2 N–H and O–H groups in total. The lowest BCUT2D eigenvalue weighted by Gasteiger charge is -2.11. The van der Waals surface area contributed by atoms with E-state index in [9.17, 15) is 4.79 Å². The molecule has 0 saturated carbocycles. The van der Waals surface area contributed by atoms with Crippen LogP contribution in [0.2, 0.25) is 0 Å². The lowest BCUT2D eigenvalue weighted by molar-refractivity contribution is -0.145. The maximum Gasteiger partial charge on any atom is 0.323 e. The van der Waals surface area contributed by atoms with Crippen LogP contribution in [0.25, 0.3) is 0 Å². The van der Waals surface area contributed by atoms with Crippen LogP contribution < -0.4 is 10.5 Å². The molecule has 0 radical (unpaired) electrons. The molecule has 1 aromatic carbocycles. The van der Waals surface area contributed by atoms with E-state index in [1.54, 1.807) is 6.92 Å². The second-order valence-electron chi connectivity index (χ2n) is 3.31. The lowest BCUT2D eigenvalue weighted by atomic mass is 10.2. The van der Waals surface area contributed by atoms with Gasteiger partial charge in [-0.05, 0) is 19.1 Å². The van der Waals surface area contributed by atoms with E-state index in [1.165, 1.54) is 0 Å². The van der Waals surface area contributed by atoms with Crippen LogP contribution in [0.4, 0.5) is 0 Å². The molecule has 0 spiro atoms. The van der Waals surface area contributed by atoms with Gasteiger partial charge in [0.05, 0.1) is 13.2 Å². The second-order valence-corrected chi connectivity index (χ2v) is 3.31. The summed E-state index contributed by atoms with van der Waals surface area (Å²) in [4.78, 5) is 11.2. The molecule has 0 heterocycles. The molecule has 4 heteroatoms. The van der Waals surface area contributed by atoms with E-state index < -0.39 is 6.04 Å². The first-order valence-corrected chi connectivity index (χ1v) is 5.34. The van der Waals surface area contributed by atoms with Gasteiger partial charge in [0, 0.05) is 6.42 Å². The van der Waals surface area contributed by atoms with E-state index in [-0.39, 0.29) is 5.97 Å². The number of esters is 1. The minimum absolute atomic E-state index is 0.353. The molecule has 0 unspecified atom stereocenters. The quantitative estimate of drug-likeness (QED) is 0.739. The SMILES string of the molecule is CCOC(=O)[C@H](N)CCOc1ccccc1. The van der Waals surface area contributed by atoms with Gasteiger partial charge in [-0.15, -0.1) is 0 Å². The van der Waals surface area contributed by atoms with Crippen LogP contribution in [0.5, 0.6) is 5.75 Å². The number of nitrogens with two attached hydrogens (primary N) is 1. The summed E-state index contributed by atoms with van der Waals surface area (Å²) in [6, 6.07) is 8.80. The van der Waals surface area contributed by atoms with Crippen LogP contribution in [-0.2, 0) is 9.53 Å². The largest absolute Gasteiger partial charge is 0.494 e. The Hall–Kier alpha value is -1.55. The molecule has 88 valence electrons. The fourth-order valence-electron chi connectivity index (χ4n) is 1.19. The zero-order chi connectivity index (χ0) is 11.8. The number of carbonyl (C=O) groups is 1. The van der Waals surface area contributed by atoms with E-state index in [0.29, 0.717) is 19.6 Å². The molecule has 16 heavy (non-hydrogen) atoms. The van der Waals surface area contributed by atoms with E-state index in [0.717, 1.165) is 5.75 Å². The number of hydrogen-bond donors (Lipinski definition) is 1. The molecule has 0 aromatic heterocycles. The molecule has 0 aliphatic carbocycles. The topological polar surface area (TPSA) is 61.5 Å². The summed E-state index contributed by atoms with van der Waals surface area (Å²) >= 11 is 0. The number of para-hydroxylation sites is 1. The van der Waals surface area contributed by atoms with E-state index in [1.807, 2.05) is 30.3 Å². The van der Waals surface area contributed by atoms with Gasteiger partial charge in [0.15, 0.2) is 0 Å².